The van der Waals surface area contributed by atoms with Gasteiger partial charge in [-0.3, -0.25) is 19.7 Å². The number of aliphatic imine (C=N–C) groups is 1. The third-order valence-electron chi connectivity index (χ3n) is 4.14. The van der Waals surface area contributed by atoms with Crippen LogP contribution in [0.4, 0.5) is 0 Å². The SMILES string of the molecule is CCNC(=NCCCN(C(C)C)C(C)C)NCCNC(=O)c1cccnc1. The van der Waals surface area contributed by atoms with Gasteiger partial charge in [-0.05, 0) is 53.2 Å². The van der Waals surface area contributed by atoms with E-state index in [4.69, 9.17) is 0 Å². The largest absolute Gasteiger partial charge is 0.357 e. The molecule has 0 aliphatic carbocycles. The molecule has 27 heavy (non-hydrogen) atoms. The van der Waals surface area contributed by atoms with Crippen molar-refractivity contribution in [2.75, 3.05) is 32.7 Å². The van der Waals surface area contributed by atoms with Crippen LogP contribution in [0.5, 0.6) is 0 Å². The molecule has 0 bridgehead atoms. The normalized spacial score (nSPS) is 11.9. The molecule has 0 aliphatic rings. The van der Waals surface area contributed by atoms with Gasteiger partial charge in [-0.15, -0.1) is 0 Å². The van der Waals surface area contributed by atoms with Gasteiger partial charge in [0.25, 0.3) is 5.91 Å². The lowest BCUT2D eigenvalue weighted by molar-refractivity contribution is 0.0954. The van der Waals surface area contributed by atoms with Crippen LogP contribution in [0, 0.1) is 0 Å². The molecule has 7 heteroatoms. The molecule has 0 aliphatic heterocycles. The molecule has 0 aromatic carbocycles. The minimum atomic E-state index is -0.116. The average molecular weight is 377 g/mol. The van der Waals surface area contributed by atoms with Crippen LogP contribution in [0.3, 0.4) is 0 Å². The van der Waals surface area contributed by atoms with Crippen LogP contribution in [-0.4, -0.2) is 66.6 Å². The zero-order valence-corrected chi connectivity index (χ0v) is 17.5. The van der Waals surface area contributed by atoms with Crippen molar-refractivity contribution in [2.24, 2.45) is 4.99 Å². The summed E-state index contributed by atoms with van der Waals surface area (Å²) in [6, 6.07) is 4.59. The lowest BCUT2D eigenvalue weighted by Crippen LogP contribution is -2.42. The molecular formula is C20H36N6O. The molecule has 0 unspecified atom stereocenters. The van der Waals surface area contributed by atoms with Crippen molar-refractivity contribution in [1.82, 2.24) is 25.8 Å². The molecule has 1 aromatic rings. The smallest absolute Gasteiger partial charge is 0.252 e. The summed E-state index contributed by atoms with van der Waals surface area (Å²) in [4.78, 5) is 23.0. The number of pyridine rings is 1. The van der Waals surface area contributed by atoms with E-state index in [1.165, 1.54) is 0 Å². The number of nitrogens with zero attached hydrogens (tertiary/aromatic N) is 3. The van der Waals surface area contributed by atoms with Crippen molar-refractivity contribution >= 4 is 11.9 Å². The Labute approximate surface area is 164 Å². The van der Waals surface area contributed by atoms with Gasteiger partial charge in [-0.25, -0.2) is 0 Å². The molecule has 1 heterocycles. The molecule has 7 nitrogen and oxygen atoms in total. The Hall–Kier alpha value is -2.15. The summed E-state index contributed by atoms with van der Waals surface area (Å²) < 4.78 is 0. The first-order chi connectivity index (χ1) is 13.0. The van der Waals surface area contributed by atoms with Gasteiger partial charge in [0, 0.05) is 57.2 Å². The third-order valence-corrected chi connectivity index (χ3v) is 4.14. The second-order valence-corrected chi connectivity index (χ2v) is 6.96. The summed E-state index contributed by atoms with van der Waals surface area (Å²) >= 11 is 0. The van der Waals surface area contributed by atoms with Crippen molar-refractivity contribution in [3.05, 3.63) is 30.1 Å². The first-order valence-corrected chi connectivity index (χ1v) is 9.91. The number of guanidine groups is 1. The Balaban J connectivity index is 2.33. The summed E-state index contributed by atoms with van der Waals surface area (Å²) in [5.41, 5.74) is 0.568. The molecule has 152 valence electrons. The molecule has 0 radical (unpaired) electrons. The van der Waals surface area contributed by atoms with Gasteiger partial charge in [0.2, 0.25) is 0 Å². The van der Waals surface area contributed by atoms with Crippen molar-refractivity contribution in [1.29, 1.82) is 0 Å². The average Bonchev–Trinajstić information content (AvgIpc) is 2.64. The van der Waals surface area contributed by atoms with E-state index in [0.717, 1.165) is 32.0 Å². The molecule has 0 saturated heterocycles. The van der Waals surface area contributed by atoms with E-state index in [1.54, 1.807) is 24.5 Å². The van der Waals surface area contributed by atoms with Crippen LogP contribution in [0.1, 0.15) is 51.4 Å². The Morgan fingerprint density at radius 3 is 2.44 bits per heavy atom. The highest BCUT2D eigenvalue weighted by Gasteiger charge is 2.12. The van der Waals surface area contributed by atoms with Gasteiger partial charge in [-0.1, -0.05) is 0 Å². The van der Waals surface area contributed by atoms with Crippen molar-refractivity contribution in [3.8, 4) is 0 Å². The van der Waals surface area contributed by atoms with E-state index in [9.17, 15) is 4.79 Å². The lowest BCUT2D eigenvalue weighted by atomic mass is 10.2. The van der Waals surface area contributed by atoms with E-state index < -0.39 is 0 Å². The Morgan fingerprint density at radius 2 is 1.85 bits per heavy atom. The number of aromatic nitrogens is 1. The molecule has 1 aromatic heterocycles. The van der Waals surface area contributed by atoms with Crippen LogP contribution in [0.15, 0.2) is 29.5 Å². The quantitative estimate of drug-likeness (QED) is 0.312. The minimum Gasteiger partial charge on any atom is -0.357 e. The summed E-state index contributed by atoms with van der Waals surface area (Å²) in [6.45, 7) is 14.7. The number of carbonyl (C=O) groups is 1. The Morgan fingerprint density at radius 1 is 1.15 bits per heavy atom. The summed E-state index contributed by atoms with van der Waals surface area (Å²) in [5, 5.41) is 9.37. The first-order valence-electron chi connectivity index (χ1n) is 9.91. The fourth-order valence-electron chi connectivity index (χ4n) is 2.85. The fourth-order valence-corrected chi connectivity index (χ4v) is 2.85. The fraction of sp³-hybridized carbons (Fsp3) is 0.650. The molecule has 0 saturated carbocycles. The Bertz CT molecular complexity index is 551. The van der Waals surface area contributed by atoms with Crippen molar-refractivity contribution in [3.63, 3.8) is 0 Å². The van der Waals surface area contributed by atoms with Crippen LogP contribution >= 0.6 is 0 Å². The number of amides is 1. The summed E-state index contributed by atoms with van der Waals surface area (Å²) in [7, 11) is 0. The number of hydrogen-bond acceptors (Lipinski definition) is 4. The Kier molecular flexibility index (Phi) is 11.1. The highest BCUT2D eigenvalue weighted by Crippen LogP contribution is 2.05. The minimum absolute atomic E-state index is 0.116. The van der Waals surface area contributed by atoms with Crippen LogP contribution in [0.2, 0.25) is 0 Å². The van der Waals surface area contributed by atoms with Crippen molar-refractivity contribution in [2.45, 2.75) is 53.1 Å². The van der Waals surface area contributed by atoms with Gasteiger partial charge in [0.05, 0.1) is 5.56 Å². The maximum Gasteiger partial charge on any atom is 0.252 e. The van der Waals surface area contributed by atoms with E-state index in [-0.39, 0.29) is 5.91 Å². The zero-order valence-electron chi connectivity index (χ0n) is 17.5. The highest BCUT2D eigenvalue weighted by atomic mass is 16.1. The maximum absolute atomic E-state index is 12.0. The number of nitrogens with one attached hydrogen (secondary N) is 3. The zero-order chi connectivity index (χ0) is 20.1. The highest BCUT2D eigenvalue weighted by molar-refractivity contribution is 5.93. The molecule has 0 spiro atoms. The summed E-state index contributed by atoms with van der Waals surface area (Å²) in [5.74, 6) is 0.670. The standard InChI is InChI=1S/C20H36N6O/c1-6-22-20(24-11-8-14-26(16(2)3)17(4)5)25-13-12-23-19(27)18-9-7-10-21-15-18/h7,9-10,15-17H,6,8,11-14H2,1-5H3,(H,23,27)(H2,22,24,25). The van der Waals surface area contributed by atoms with E-state index in [2.05, 4.69) is 58.5 Å². The third kappa shape index (κ3) is 9.38. The van der Waals surface area contributed by atoms with Crippen LogP contribution in [0.25, 0.3) is 0 Å². The molecular weight excluding hydrogens is 340 g/mol. The van der Waals surface area contributed by atoms with Gasteiger partial charge in [-0.2, -0.15) is 0 Å². The monoisotopic (exact) mass is 376 g/mol. The topological polar surface area (TPSA) is 81.7 Å². The molecule has 1 amide bonds. The number of hydrogen-bond donors (Lipinski definition) is 3. The van der Waals surface area contributed by atoms with Crippen LogP contribution in [-0.2, 0) is 0 Å². The first kappa shape index (κ1) is 22.9. The van der Waals surface area contributed by atoms with Gasteiger partial charge >= 0.3 is 0 Å². The lowest BCUT2D eigenvalue weighted by Gasteiger charge is -2.30. The van der Waals surface area contributed by atoms with Gasteiger partial charge < -0.3 is 16.0 Å². The van der Waals surface area contributed by atoms with E-state index >= 15 is 0 Å². The maximum atomic E-state index is 12.0. The molecule has 0 fully saturated rings. The predicted octanol–water partition coefficient (Wildman–Crippen LogP) is 1.88. The predicted molar refractivity (Wildman–Crippen MR) is 112 cm³/mol. The second-order valence-electron chi connectivity index (χ2n) is 6.96. The van der Waals surface area contributed by atoms with E-state index in [0.29, 0.717) is 30.7 Å². The number of carbonyl (C=O) groups excluding carboxylic acids is 1. The van der Waals surface area contributed by atoms with Gasteiger partial charge in [0.15, 0.2) is 5.96 Å². The van der Waals surface area contributed by atoms with Gasteiger partial charge in [0.1, 0.15) is 0 Å². The second kappa shape index (κ2) is 13.1. The molecule has 0 atom stereocenters. The van der Waals surface area contributed by atoms with E-state index in [1.807, 2.05) is 6.92 Å². The summed E-state index contributed by atoms with van der Waals surface area (Å²) in [6.07, 6.45) is 4.23. The molecule has 1 rings (SSSR count). The number of rotatable bonds is 11. The molecule has 3 N–H and O–H groups in total. The van der Waals surface area contributed by atoms with Crippen molar-refractivity contribution < 1.29 is 4.79 Å². The van der Waals surface area contributed by atoms with Crippen LogP contribution < -0.4 is 16.0 Å².